The van der Waals surface area contributed by atoms with Crippen LogP contribution in [0.2, 0.25) is 0 Å². The SMILES string of the molecule is CC(C)(C)OC(=O)NCCO.CC(C)(C)OC(=O)NCCOS(C)(=O)=O.CC(C)(C)OC(=O)NCCOc1ccc(F)cc1.CS(=O)(=O)Cl.Cl.Cl.NCCOc1ccc(F)cc1.Oc1ccc(F)cc1. The second-order valence-corrected chi connectivity index (χ2v) is 20.8. The van der Waals surface area contributed by atoms with Crippen molar-refractivity contribution >= 4 is 72.9 Å². The molecule has 0 saturated carbocycles. The van der Waals surface area contributed by atoms with Crippen molar-refractivity contribution in [2.45, 2.75) is 79.1 Å². The number of carbonyl (C=O) groups excluding carboxylic acids is 3. The summed E-state index contributed by atoms with van der Waals surface area (Å²) in [6, 6.07) is 16.6. The Hall–Kier alpha value is -4.69. The largest absolute Gasteiger partial charge is 0.508 e. The smallest absolute Gasteiger partial charge is 0.407 e. The van der Waals surface area contributed by atoms with Gasteiger partial charge in [0, 0.05) is 30.3 Å². The Morgan fingerprint density at radius 1 is 0.571 bits per heavy atom. The fraction of sp³-hybridized carbons (Fsp3) is 0.512. The van der Waals surface area contributed by atoms with Crippen LogP contribution < -0.4 is 31.2 Å². The van der Waals surface area contributed by atoms with Crippen LogP contribution in [0.5, 0.6) is 17.2 Å². The molecule has 0 bridgehead atoms. The summed E-state index contributed by atoms with van der Waals surface area (Å²) in [5, 5.41) is 24.2. The van der Waals surface area contributed by atoms with Gasteiger partial charge in [0.1, 0.15) is 64.7 Å². The number of phenols is 1. The van der Waals surface area contributed by atoms with E-state index in [4.69, 9.17) is 39.6 Å². The molecule has 0 aliphatic heterocycles. The maximum atomic E-state index is 12.6. The lowest BCUT2D eigenvalue weighted by Gasteiger charge is -2.19. The Morgan fingerprint density at radius 3 is 1.13 bits per heavy atom. The van der Waals surface area contributed by atoms with Crippen molar-refractivity contribution in [2.24, 2.45) is 5.73 Å². The quantitative estimate of drug-likeness (QED) is 0.0420. The average molecular weight is 1110 g/mol. The monoisotopic (exact) mass is 1110 g/mol. The third-order valence-electron chi connectivity index (χ3n) is 5.73. The Morgan fingerprint density at radius 2 is 0.857 bits per heavy atom. The number of carbonyl (C=O) groups is 3. The lowest BCUT2D eigenvalue weighted by molar-refractivity contribution is 0.0508. The molecule has 3 rings (SSSR count). The average Bonchev–Trinajstić information content (AvgIpc) is 3.17. The number of aliphatic hydroxyl groups is 1. The molecular formula is C43H70Cl3F3N4O15S2. The number of hydrogen-bond acceptors (Lipinski definition) is 16. The first-order valence-corrected chi connectivity index (χ1v) is 24.7. The maximum Gasteiger partial charge on any atom is 0.407 e. The second-order valence-electron chi connectivity index (χ2n) is 16.1. The standard InChI is InChI=1S/C13H18FNO3.C8H10FNO.C8H17NO5S.C7H15NO3.C6H5FO.CH3ClO2S.2ClH/c1-13(2,3)18-12(16)15-8-9-17-11-6-4-10(14)5-7-11;9-7-1-3-8(4-2-7)11-6-5-10;1-8(2,3)14-7(10)9-5-6-13-15(4,11)12;1-7(2,3)11-6(10)8-4-5-9;7-5-1-3-6(8)4-2-5;1-5(2,3)4;;/h4-7H,8-9H2,1-3H3,(H,15,16);1-4H,5-6,10H2;5-6H2,1-4H3,(H,9,10);9H,4-5H2,1-3H3,(H,8,10);1-4,8H;1H3;2*1H. The van der Waals surface area contributed by atoms with Gasteiger partial charge in [-0.05, 0) is 135 Å². The van der Waals surface area contributed by atoms with Crippen LogP contribution in [-0.4, -0.2) is 127 Å². The fourth-order valence-corrected chi connectivity index (χ4v) is 3.83. The minimum atomic E-state index is -3.45. The minimum absolute atomic E-state index is 0. The molecule has 0 aromatic heterocycles. The lowest BCUT2D eigenvalue weighted by atomic mass is 10.2. The van der Waals surface area contributed by atoms with Gasteiger partial charge < -0.3 is 55.6 Å². The van der Waals surface area contributed by atoms with E-state index in [0.717, 1.165) is 12.5 Å². The highest BCUT2D eigenvalue weighted by atomic mass is 35.7. The van der Waals surface area contributed by atoms with Crippen molar-refractivity contribution in [3.8, 4) is 17.2 Å². The molecule has 27 heteroatoms. The van der Waals surface area contributed by atoms with E-state index in [1.165, 1.54) is 60.7 Å². The molecule has 0 aliphatic rings. The van der Waals surface area contributed by atoms with E-state index in [0.29, 0.717) is 37.8 Å². The number of alkyl carbamates (subject to hydrolysis) is 3. The molecule has 0 saturated heterocycles. The third-order valence-corrected chi connectivity index (χ3v) is 6.32. The summed E-state index contributed by atoms with van der Waals surface area (Å²) >= 11 is 0. The van der Waals surface area contributed by atoms with E-state index >= 15 is 0 Å². The van der Waals surface area contributed by atoms with Gasteiger partial charge in [0.15, 0.2) is 0 Å². The Bertz CT molecular complexity index is 2030. The number of nitrogens with one attached hydrogen (secondary N) is 3. The second kappa shape index (κ2) is 39.0. The van der Waals surface area contributed by atoms with Gasteiger partial charge in [0.25, 0.3) is 10.1 Å². The van der Waals surface area contributed by atoms with Crippen molar-refractivity contribution in [1.82, 2.24) is 16.0 Å². The zero-order chi connectivity index (χ0) is 53.2. The van der Waals surface area contributed by atoms with E-state index in [1.54, 1.807) is 74.4 Å². The van der Waals surface area contributed by atoms with Gasteiger partial charge in [0.2, 0.25) is 9.05 Å². The molecular weight excluding hydrogens is 1040 g/mol. The first-order valence-electron chi connectivity index (χ1n) is 20.2. The Labute approximate surface area is 427 Å². The van der Waals surface area contributed by atoms with Gasteiger partial charge >= 0.3 is 18.3 Å². The number of ether oxygens (including phenoxy) is 5. The molecule has 19 nitrogen and oxygen atoms in total. The first-order chi connectivity index (χ1) is 31.0. The topological polar surface area (TPSA) is 277 Å². The summed E-state index contributed by atoms with van der Waals surface area (Å²) < 4.78 is 106. The van der Waals surface area contributed by atoms with Gasteiger partial charge in [0.05, 0.1) is 32.3 Å². The molecule has 406 valence electrons. The maximum absolute atomic E-state index is 12.6. The van der Waals surface area contributed by atoms with E-state index in [-0.39, 0.29) is 74.3 Å². The molecule has 3 aromatic rings. The summed E-state index contributed by atoms with van der Waals surface area (Å²) in [6.07, 6.45) is 0.297. The van der Waals surface area contributed by atoms with Crippen LogP contribution in [0.15, 0.2) is 72.8 Å². The molecule has 3 aromatic carbocycles. The van der Waals surface area contributed by atoms with E-state index < -0.39 is 54.3 Å². The van der Waals surface area contributed by atoms with Crippen LogP contribution >= 0.6 is 35.5 Å². The van der Waals surface area contributed by atoms with Crippen molar-refractivity contribution in [3.63, 3.8) is 0 Å². The normalized spacial score (nSPS) is 10.5. The van der Waals surface area contributed by atoms with Crippen LogP contribution in [0.4, 0.5) is 27.6 Å². The van der Waals surface area contributed by atoms with E-state index in [9.17, 15) is 44.4 Å². The van der Waals surface area contributed by atoms with Gasteiger partial charge in [-0.15, -0.1) is 24.8 Å². The highest BCUT2D eigenvalue weighted by Gasteiger charge is 2.17. The number of phenolic OH excluding ortho intramolecular Hbond substituents is 1. The predicted octanol–water partition coefficient (Wildman–Crippen LogP) is 7.44. The van der Waals surface area contributed by atoms with Gasteiger partial charge in [-0.1, -0.05) is 0 Å². The van der Waals surface area contributed by atoms with Crippen LogP contribution in [0.3, 0.4) is 0 Å². The summed E-state index contributed by atoms with van der Waals surface area (Å²) in [6.45, 7) is 17.6. The van der Waals surface area contributed by atoms with Gasteiger partial charge in [-0.3, -0.25) is 4.18 Å². The molecule has 0 heterocycles. The minimum Gasteiger partial charge on any atom is -0.508 e. The van der Waals surface area contributed by atoms with Crippen molar-refractivity contribution in [3.05, 3.63) is 90.2 Å². The molecule has 0 atom stereocenters. The fourth-order valence-electron chi connectivity index (χ4n) is 3.45. The zero-order valence-corrected chi connectivity index (χ0v) is 45.0. The van der Waals surface area contributed by atoms with Crippen LogP contribution in [0.25, 0.3) is 0 Å². The molecule has 7 N–H and O–H groups in total. The highest BCUT2D eigenvalue weighted by Crippen LogP contribution is 2.12. The van der Waals surface area contributed by atoms with Crippen LogP contribution in [0, 0.1) is 17.5 Å². The predicted molar refractivity (Wildman–Crippen MR) is 267 cm³/mol. The van der Waals surface area contributed by atoms with Gasteiger partial charge in [-0.2, -0.15) is 8.42 Å². The molecule has 3 amide bonds. The summed E-state index contributed by atoms with van der Waals surface area (Å²) in [4.78, 5) is 33.1. The number of halogens is 6. The lowest BCUT2D eigenvalue weighted by Crippen LogP contribution is -2.34. The number of amides is 3. The van der Waals surface area contributed by atoms with Gasteiger partial charge in [-0.25, -0.2) is 36.0 Å². The van der Waals surface area contributed by atoms with Crippen molar-refractivity contribution < 1.29 is 82.5 Å². The molecule has 0 aliphatic carbocycles. The number of aliphatic hydroxyl groups excluding tert-OH is 1. The van der Waals surface area contributed by atoms with E-state index in [1.807, 2.05) is 0 Å². The summed E-state index contributed by atoms with van der Waals surface area (Å²) in [7, 11) is -2.14. The molecule has 70 heavy (non-hydrogen) atoms. The van der Waals surface area contributed by atoms with Crippen LogP contribution in [0.1, 0.15) is 62.3 Å². The summed E-state index contributed by atoms with van der Waals surface area (Å²) in [5.74, 6) is 0.396. The number of hydrogen-bond donors (Lipinski definition) is 6. The number of aromatic hydroxyl groups is 1. The highest BCUT2D eigenvalue weighted by molar-refractivity contribution is 8.13. The van der Waals surface area contributed by atoms with Crippen molar-refractivity contribution in [1.29, 1.82) is 0 Å². The van der Waals surface area contributed by atoms with Crippen molar-refractivity contribution in [2.75, 3.05) is 65.1 Å². The van der Waals surface area contributed by atoms with Crippen LogP contribution in [-0.2, 0) is 37.6 Å². The zero-order valence-electron chi connectivity index (χ0n) is 41.0. The molecule has 0 spiro atoms. The Balaban J connectivity index is -0.000000249. The third kappa shape index (κ3) is 61.3. The molecule has 0 unspecified atom stereocenters. The molecule has 0 fully saturated rings. The number of nitrogens with two attached hydrogens (primary N) is 1. The summed E-state index contributed by atoms with van der Waals surface area (Å²) in [5.41, 5.74) is 3.65. The Kier molecular flexibility index (Phi) is 41.4. The van der Waals surface area contributed by atoms with E-state index in [2.05, 4.69) is 30.8 Å². The molecule has 0 radical (unpaired) electrons. The number of benzene rings is 3. The number of rotatable bonds is 13. The first kappa shape index (κ1) is 74.3.